The summed E-state index contributed by atoms with van der Waals surface area (Å²) in [4.78, 5) is 0. The number of hydrogen-bond donors (Lipinski definition) is 1. The monoisotopic (exact) mass is 263 g/mol. The Kier molecular flexibility index (Phi) is 4.98. The van der Waals surface area contributed by atoms with Crippen molar-refractivity contribution >= 4 is 0 Å². The van der Waals surface area contributed by atoms with Crippen LogP contribution in [0.25, 0.3) is 0 Å². The third-order valence-electron chi connectivity index (χ3n) is 2.35. The molecule has 0 bridgehead atoms. The van der Waals surface area contributed by atoms with E-state index in [9.17, 15) is 13.2 Å². The predicted molar refractivity (Wildman–Crippen MR) is 61.4 cm³/mol. The fourth-order valence-corrected chi connectivity index (χ4v) is 1.61. The minimum Gasteiger partial charge on any atom is -0.496 e. The van der Waals surface area contributed by atoms with Gasteiger partial charge in [-0.1, -0.05) is 18.2 Å². The molecule has 0 aliphatic heterocycles. The zero-order chi connectivity index (χ0) is 13.8. The summed E-state index contributed by atoms with van der Waals surface area (Å²) in [5.74, 6) is 0.460. The summed E-state index contributed by atoms with van der Waals surface area (Å²) >= 11 is 0. The smallest absolute Gasteiger partial charge is 0.411 e. The van der Waals surface area contributed by atoms with Crippen LogP contribution in [0.4, 0.5) is 13.2 Å². The van der Waals surface area contributed by atoms with E-state index in [-0.39, 0.29) is 0 Å². The number of ether oxygens (including phenoxy) is 2. The van der Waals surface area contributed by atoms with Crippen LogP contribution in [0.1, 0.15) is 18.6 Å². The second kappa shape index (κ2) is 6.06. The van der Waals surface area contributed by atoms with Crippen LogP contribution < -0.4 is 10.5 Å². The van der Waals surface area contributed by atoms with E-state index in [4.69, 9.17) is 15.2 Å². The van der Waals surface area contributed by atoms with Gasteiger partial charge in [0.1, 0.15) is 18.5 Å². The molecular formula is C12H16F3NO2. The maximum atomic E-state index is 12.2. The van der Waals surface area contributed by atoms with E-state index < -0.39 is 24.9 Å². The SMILES string of the molecule is COc1ccccc1C(OCC(F)(F)F)C(C)N. The fourth-order valence-electron chi connectivity index (χ4n) is 1.61. The zero-order valence-corrected chi connectivity index (χ0v) is 10.2. The van der Waals surface area contributed by atoms with E-state index in [2.05, 4.69) is 0 Å². The minimum atomic E-state index is -4.38. The minimum absolute atomic E-state index is 0.460. The van der Waals surface area contributed by atoms with Gasteiger partial charge in [-0.05, 0) is 13.0 Å². The van der Waals surface area contributed by atoms with Crippen molar-refractivity contribution in [1.29, 1.82) is 0 Å². The van der Waals surface area contributed by atoms with Gasteiger partial charge in [-0.25, -0.2) is 0 Å². The van der Waals surface area contributed by atoms with E-state index in [1.54, 1.807) is 31.2 Å². The molecule has 0 amide bonds. The molecule has 2 atom stereocenters. The highest BCUT2D eigenvalue weighted by Crippen LogP contribution is 2.30. The number of nitrogens with two attached hydrogens (primary N) is 1. The topological polar surface area (TPSA) is 44.5 Å². The highest BCUT2D eigenvalue weighted by Gasteiger charge is 2.31. The maximum Gasteiger partial charge on any atom is 0.411 e. The first-order valence-electron chi connectivity index (χ1n) is 5.42. The van der Waals surface area contributed by atoms with Crippen molar-refractivity contribution in [2.24, 2.45) is 5.73 Å². The van der Waals surface area contributed by atoms with E-state index in [0.717, 1.165) is 0 Å². The number of halogens is 3. The van der Waals surface area contributed by atoms with Gasteiger partial charge in [0.05, 0.1) is 7.11 Å². The normalized spacial score (nSPS) is 15.2. The molecule has 6 heteroatoms. The van der Waals surface area contributed by atoms with E-state index in [1.165, 1.54) is 7.11 Å². The lowest BCUT2D eigenvalue weighted by Gasteiger charge is -2.24. The Morgan fingerprint density at radius 1 is 1.28 bits per heavy atom. The molecule has 0 saturated heterocycles. The van der Waals surface area contributed by atoms with Crippen LogP contribution in [0.15, 0.2) is 24.3 Å². The molecule has 0 spiro atoms. The lowest BCUT2D eigenvalue weighted by atomic mass is 10.0. The summed E-state index contributed by atoms with van der Waals surface area (Å²) in [5.41, 5.74) is 6.19. The molecule has 18 heavy (non-hydrogen) atoms. The summed E-state index contributed by atoms with van der Waals surface area (Å²) in [6.07, 6.45) is -5.24. The first-order chi connectivity index (χ1) is 8.35. The van der Waals surface area contributed by atoms with Crippen LogP contribution in [0.2, 0.25) is 0 Å². The van der Waals surface area contributed by atoms with E-state index in [0.29, 0.717) is 11.3 Å². The standard InChI is InChI=1S/C12H16F3NO2/c1-8(16)11(18-7-12(13,14)15)9-5-3-4-6-10(9)17-2/h3-6,8,11H,7,16H2,1-2H3. The Hall–Kier alpha value is -1.27. The lowest BCUT2D eigenvalue weighted by molar-refractivity contribution is -0.187. The van der Waals surface area contributed by atoms with Gasteiger partial charge in [-0.3, -0.25) is 0 Å². The first-order valence-corrected chi connectivity index (χ1v) is 5.42. The molecule has 2 N–H and O–H groups in total. The van der Waals surface area contributed by atoms with Gasteiger partial charge in [-0.15, -0.1) is 0 Å². The molecule has 102 valence electrons. The Bertz CT molecular complexity index is 380. The number of hydrogen-bond acceptors (Lipinski definition) is 3. The van der Waals surface area contributed by atoms with Crippen molar-refractivity contribution in [2.75, 3.05) is 13.7 Å². The molecule has 0 saturated carbocycles. The highest BCUT2D eigenvalue weighted by atomic mass is 19.4. The summed E-state index contributed by atoms with van der Waals surface area (Å²) < 4.78 is 46.5. The summed E-state index contributed by atoms with van der Waals surface area (Å²) in [6, 6.07) is 6.14. The van der Waals surface area contributed by atoms with Crippen LogP contribution in [-0.4, -0.2) is 25.9 Å². The highest BCUT2D eigenvalue weighted by molar-refractivity contribution is 5.35. The van der Waals surface area contributed by atoms with Crippen molar-refractivity contribution in [3.63, 3.8) is 0 Å². The second-order valence-corrected chi connectivity index (χ2v) is 3.95. The van der Waals surface area contributed by atoms with Crippen LogP contribution in [-0.2, 0) is 4.74 Å². The van der Waals surface area contributed by atoms with Crippen LogP contribution in [0, 0.1) is 0 Å². The van der Waals surface area contributed by atoms with Gasteiger partial charge >= 0.3 is 6.18 Å². The van der Waals surface area contributed by atoms with Gasteiger partial charge < -0.3 is 15.2 Å². The van der Waals surface area contributed by atoms with Gasteiger partial charge in [0, 0.05) is 11.6 Å². The van der Waals surface area contributed by atoms with Crippen molar-refractivity contribution < 1.29 is 22.6 Å². The summed E-state index contributed by atoms with van der Waals surface area (Å²) in [6.45, 7) is 0.255. The molecule has 0 aliphatic rings. The second-order valence-electron chi connectivity index (χ2n) is 3.95. The predicted octanol–water partition coefficient (Wildman–Crippen LogP) is 2.66. The molecule has 1 aromatic rings. The van der Waals surface area contributed by atoms with Gasteiger partial charge in [-0.2, -0.15) is 13.2 Å². The molecule has 0 radical (unpaired) electrons. The number of alkyl halides is 3. The van der Waals surface area contributed by atoms with Crippen molar-refractivity contribution in [1.82, 2.24) is 0 Å². The molecule has 0 fully saturated rings. The number of benzene rings is 1. The van der Waals surface area contributed by atoms with Crippen LogP contribution >= 0.6 is 0 Å². The molecule has 1 aromatic carbocycles. The lowest BCUT2D eigenvalue weighted by Crippen LogP contribution is -2.30. The Morgan fingerprint density at radius 2 is 1.89 bits per heavy atom. The third kappa shape index (κ3) is 4.19. The van der Waals surface area contributed by atoms with Crippen molar-refractivity contribution in [3.8, 4) is 5.75 Å². The van der Waals surface area contributed by atoms with Crippen molar-refractivity contribution in [2.45, 2.75) is 25.2 Å². The largest absolute Gasteiger partial charge is 0.496 e. The van der Waals surface area contributed by atoms with Crippen LogP contribution in [0.3, 0.4) is 0 Å². The average Bonchev–Trinajstić information content (AvgIpc) is 2.28. The van der Waals surface area contributed by atoms with Gasteiger partial charge in [0.25, 0.3) is 0 Å². The molecule has 0 aromatic heterocycles. The summed E-state index contributed by atoms with van der Waals surface area (Å²) in [7, 11) is 1.45. The Labute approximate surface area is 104 Å². The summed E-state index contributed by atoms with van der Waals surface area (Å²) in [5, 5.41) is 0. The Balaban J connectivity index is 2.91. The number of methoxy groups -OCH3 is 1. The molecule has 0 aliphatic carbocycles. The van der Waals surface area contributed by atoms with E-state index >= 15 is 0 Å². The maximum absolute atomic E-state index is 12.2. The molecule has 0 heterocycles. The number of para-hydroxylation sites is 1. The quantitative estimate of drug-likeness (QED) is 0.888. The van der Waals surface area contributed by atoms with Gasteiger partial charge in [0.15, 0.2) is 0 Å². The van der Waals surface area contributed by atoms with Crippen LogP contribution in [0.5, 0.6) is 5.75 Å². The Morgan fingerprint density at radius 3 is 2.39 bits per heavy atom. The van der Waals surface area contributed by atoms with Gasteiger partial charge in [0.2, 0.25) is 0 Å². The molecular weight excluding hydrogens is 247 g/mol. The third-order valence-corrected chi connectivity index (χ3v) is 2.35. The van der Waals surface area contributed by atoms with Crippen molar-refractivity contribution in [3.05, 3.63) is 29.8 Å². The fraction of sp³-hybridized carbons (Fsp3) is 0.500. The molecule has 1 rings (SSSR count). The number of rotatable bonds is 5. The average molecular weight is 263 g/mol. The van der Waals surface area contributed by atoms with E-state index in [1.807, 2.05) is 0 Å². The molecule has 2 unspecified atom stereocenters. The molecule has 3 nitrogen and oxygen atoms in total. The first kappa shape index (κ1) is 14.8. The zero-order valence-electron chi connectivity index (χ0n) is 10.2.